The van der Waals surface area contributed by atoms with E-state index in [-0.39, 0.29) is 11.6 Å². The first kappa shape index (κ1) is 15.7. The summed E-state index contributed by atoms with van der Waals surface area (Å²) in [7, 11) is 0. The molecule has 1 heterocycles. The van der Waals surface area contributed by atoms with Gasteiger partial charge in [-0.05, 0) is 81.8 Å². The first-order valence-corrected chi connectivity index (χ1v) is 8.60. The zero-order valence-corrected chi connectivity index (χ0v) is 13.7. The van der Waals surface area contributed by atoms with Crippen LogP contribution in [-0.4, -0.2) is 29.8 Å². The van der Waals surface area contributed by atoms with Gasteiger partial charge >= 0.3 is 0 Å². The Morgan fingerprint density at radius 1 is 1.14 bits per heavy atom. The summed E-state index contributed by atoms with van der Waals surface area (Å²) in [5, 5.41) is 0. The van der Waals surface area contributed by atoms with Crippen LogP contribution in [0.3, 0.4) is 0 Å². The maximum Gasteiger partial charge on any atom is 0.163 e. The topological polar surface area (TPSA) is 20.3 Å². The maximum absolute atomic E-state index is 13.4. The van der Waals surface area contributed by atoms with Crippen LogP contribution < -0.4 is 0 Å². The van der Waals surface area contributed by atoms with Crippen LogP contribution in [0.2, 0.25) is 0 Å². The summed E-state index contributed by atoms with van der Waals surface area (Å²) >= 11 is 0. The summed E-state index contributed by atoms with van der Waals surface area (Å²) in [6.45, 7) is 6.08. The first-order chi connectivity index (χ1) is 10.6. The smallest absolute Gasteiger partial charge is 0.163 e. The van der Waals surface area contributed by atoms with E-state index in [0.29, 0.717) is 18.4 Å². The second-order valence-electron chi connectivity index (χ2n) is 7.04. The Balaban J connectivity index is 1.73. The van der Waals surface area contributed by atoms with Crippen molar-refractivity contribution in [1.29, 1.82) is 0 Å². The number of nitrogens with zero attached hydrogens (tertiary/aromatic N) is 1. The molecule has 1 aliphatic carbocycles. The van der Waals surface area contributed by atoms with Gasteiger partial charge in [0.25, 0.3) is 0 Å². The molecule has 120 valence electrons. The van der Waals surface area contributed by atoms with Gasteiger partial charge in [-0.2, -0.15) is 0 Å². The van der Waals surface area contributed by atoms with Gasteiger partial charge in [-0.1, -0.05) is 6.42 Å². The highest BCUT2D eigenvalue weighted by Crippen LogP contribution is 2.35. The molecule has 0 bridgehead atoms. The van der Waals surface area contributed by atoms with Crippen molar-refractivity contribution in [3.63, 3.8) is 0 Å². The largest absolute Gasteiger partial charge is 0.300 e. The zero-order valence-electron chi connectivity index (χ0n) is 13.7. The number of aryl methyl sites for hydroxylation is 2. The van der Waals surface area contributed by atoms with E-state index in [1.54, 1.807) is 0 Å². The minimum Gasteiger partial charge on any atom is -0.300 e. The molecule has 0 N–H and O–H groups in total. The van der Waals surface area contributed by atoms with Crippen LogP contribution in [-0.2, 0) is 0 Å². The van der Waals surface area contributed by atoms with Crippen LogP contribution in [0.5, 0.6) is 0 Å². The number of ketones is 1. The van der Waals surface area contributed by atoms with E-state index in [1.165, 1.54) is 50.9 Å². The van der Waals surface area contributed by atoms with Crippen LogP contribution in [0, 0.1) is 25.6 Å². The summed E-state index contributed by atoms with van der Waals surface area (Å²) in [6, 6.07) is 3.55. The van der Waals surface area contributed by atoms with Crippen LogP contribution >= 0.6 is 0 Å². The molecule has 0 amide bonds. The highest BCUT2D eigenvalue weighted by Gasteiger charge is 2.34. The van der Waals surface area contributed by atoms with Gasteiger partial charge in [-0.15, -0.1) is 0 Å². The second kappa shape index (κ2) is 6.49. The van der Waals surface area contributed by atoms with Gasteiger partial charge in [0.2, 0.25) is 0 Å². The van der Waals surface area contributed by atoms with Gasteiger partial charge in [0.05, 0.1) is 0 Å². The van der Waals surface area contributed by atoms with Crippen LogP contribution in [0.4, 0.5) is 4.39 Å². The molecule has 1 aromatic carbocycles. The van der Waals surface area contributed by atoms with Gasteiger partial charge in [0.1, 0.15) is 5.82 Å². The lowest BCUT2D eigenvalue weighted by molar-refractivity contribution is 0.0929. The van der Waals surface area contributed by atoms with Gasteiger partial charge < -0.3 is 4.90 Å². The van der Waals surface area contributed by atoms with Gasteiger partial charge in [0.15, 0.2) is 5.78 Å². The molecule has 22 heavy (non-hydrogen) atoms. The average Bonchev–Trinajstić information content (AvgIpc) is 3.07. The molecule has 0 unspecified atom stereocenters. The van der Waals surface area contributed by atoms with Crippen molar-refractivity contribution in [1.82, 2.24) is 4.90 Å². The van der Waals surface area contributed by atoms with Crippen LogP contribution in [0.15, 0.2) is 12.1 Å². The minimum absolute atomic E-state index is 0.200. The number of carbonyl (C=O) groups is 1. The maximum atomic E-state index is 13.4. The first-order valence-electron chi connectivity index (χ1n) is 8.60. The molecule has 2 aliphatic rings. The number of benzene rings is 1. The summed E-state index contributed by atoms with van der Waals surface area (Å²) in [4.78, 5) is 15.4. The van der Waals surface area contributed by atoms with Gasteiger partial charge in [-0.3, -0.25) is 4.79 Å². The molecule has 1 saturated carbocycles. The van der Waals surface area contributed by atoms with E-state index in [2.05, 4.69) is 4.90 Å². The van der Waals surface area contributed by atoms with E-state index < -0.39 is 0 Å². The molecular formula is C19H26FNO. The van der Waals surface area contributed by atoms with Crippen LogP contribution in [0.25, 0.3) is 0 Å². The number of hydrogen-bond acceptors (Lipinski definition) is 2. The summed E-state index contributed by atoms with van der Waals surface area (Å²) in [5.41, 5.74) is 2.30. The highest BCUT2D eigenvalue weighted by atomic mass is 19.1. The van der Waals surface area contributed by atoms with Gasteiger partial charge in [-0.25, -0.2) is 4.39 Å². The number of Topliss-reactive ketones (excluding diaryl/α,β-unsaturated/α-hetero) is 1. The Hall–Kier alpha value is -1.22. The Bertz CT molecular complexity index is 540. The SMILES string of the molecule is Cc1cc(F)cc(C)c1C(=O)C[C@H]1CCC[C@H]1N1CCCC1. The minimum atomic E-state index is -0.248. The van der Waals surface area contributed by atoms with Crippen molar-refractivity contribution < 1.29 is 9.18 Å². The quantitative estimate of drug-likeness (QED) is 0.774. The standard InChI is InChI=1S/C19H26FNO/c1-13-10-16(20)11-14(2)19(13)18(22)12-15-6-5-7-17(15)21-8-3-4-9-21/h10-11,15,17H,3-9,12H2,1-2H3/t15-,17-/m1/s1. The molecule has 2 nitrogen and oxygen atoms in total. The van der Waals surface area contributed by atoms with E-state index in [0.717, 1.165) is 23.1 Å². The number of hydrogen-bond donors (Lipinski definition) is 0. The van der Waals surface area contributed by atoms with Crippen LogP contribution in [0.1, 0.15) is 60.0 Å². The predicted molar refractivity (Wildman–Crippen MR) is 86.8 cm³/mol. The molecule has 3 heteroatoms. The molecule has 1 aliphatic heterocycles. The Morgan fingerprint density at radius 3 is 2.41 bits per heavy atom. The summed E-state index contributed by atoms with van der Waals surface area (Å²) in [5.74, 6) is 0.433. The van der Waals surface area contributed by atoms with Gasteiger partial charge in [0, 0.05) is 18.0 Å². The second-order valence-corrected chi connectivity index (χ2v) is 7.04. The van der Waals surface area contributed by atoms with Crippen molar-refractivity contribution in [2.24, 2.45) is 5.92 Å². The fourth-order valence-electron chi connectivity index (χ4n) is 4.50. The Morgan fingerprint density at radius 2 is 1.77 bits per heavy atom. The Kier molecular flexibility index (Phi) is 4.62. The third kappa shape index (κ3) is 3.10. The van der Waals surface area contributed by atoms with E-state index in [1.807, 2.05) is 13.8 Å². The number of halogens is 1. The van der Waals surface area contributed by atoms with E-state index >= 15 is 0 Å². The lowest BCUT2D eigenvalue weighted by Gasteiger charge is -2.29. The highest BCUT2D eigenvalue weighted by molar-refractivity contribution is 5.99. The molecule has 2 atom stereocenters. The summed E-state index contributed by atoms with van der Waals surface area (Å²) < 4.78 is 13.4. The molecule has 2 fully saturated rings. The third-order valence-corrected chi connectivity index (χ3v) is 5.45. The van der Waals surface area contributed by atoms with E-state index in [4.69, 9.17) is 0 Å². The average molecular weight is 303 g/mol. The van der Waals surface area contributed by atoms with Crippen molar-refractivity contribution >= 4 is 5.78 Å². The normalized spacial score (nSPS) is 25.8. The third-order valence-electron chi connectivity index (χ3n) is 5.45. The fraction of sp³-hybridized carbons (Fsp3) is 0.632. The number of rotatable bonds is 4. The van der Waals surface area contributed by atoms with Crippen molar-refractivity contribution in [3.05, 3.63) is 34.6 Å². The number of carbonyl (C=O) groups excluding carboxylic acids is 1. The lowest BCUT2D eigenvalue weighted by Crippen LogP contribution is -2.36. The Labute approximate surface area is 132 Å². The van der Waals surface area contributed by atoms with Crippen molar-refractivity contribution in [3.8, 4) is 0 Å². The zero-order chi connectivity index (χ0) is 15.7. The molecule has 1 saturated heterocycles. The summed E-state index contributed by atoms with van der Waals surface area (Å²) in [6.07, 6.45) is 6.85. The molecule has 3 rings (SSSR count). The number of likely N-dealkylation sites (tertiary alicyclic amines) is 1. The monoisotopic (exact) mass is 303 g/mol. The predicted octanol–water partition coefficient (Wildman–Crippen LogP) is 4.28. The molecule has 0 spiro atoms. The van der Waals surface area contributed by atoms with Crippen molar-refractivity contribution in [2.75, 3.05) is 13.1 Å². The lowest BCUT2D eigenvalue weighted by atomic mass is 9.89. The molecule has 1 aromatic rings. The van der Waals surface area contributed by atoms with Crippen molar-refractivity contribution in [2.45, 2.75) is 58.4 Å². The molecule has 0 aromatic heterocycles. The fourth-order valence-corrected chi connectivity index (χ4v) is 4.50. The molecular weight excluding hydrogens is 277 g/mol. The molecule has 0 radical (unpaired) electrons. The van der Waals surface area contributed by atoms with E-state index in [9.17, 15) is 9.18 Å².